The van der Waals surface area contributed by atoms with Crippen molar-refractivity contribution >= 4 is 9.84 Å². The van der Waals surface area contributed by atoms with Crippen LogP contribution in [0.5, 0.6) is 0 Å². The van der Waals surface area contributed by atoms with Gasteiger partial charge in [0.1, 0.15) is 11.6 Å². The molecule has 0 N–H and O–H groups in total. The molecule has 1 fully saturated rings. The third-order valence-electron chi connectivity index (χ3n) is 4.86. The molecule has 140 valence electrons. The lowest BCUT2D eigenvalue weighted by molar-refractivity contribution is 0.120. The molecule has 1 aliphatic rings. The summed E-state index contributed by atoms with van der Waals surface area (Å²) in [6.45, 7) is 1.07. The second-order valence-electron chi connectivity index (χ2n) is 6.52. The minimum Gasteiger partial charge on any atom is -0.303 e. The molecular weight excluding hydrogens is 363 g/mol. The second-order valence-corrected chi connectivity index (χ2v) is 8.73. The fourth-order valence-electron chi connectivity index (χ4n) is 3.18. The number of hydrogen-bond donors (Lipinski definition) is 0. The summed E-state index contributed by atoms with van der Waals surface area (Å²) in [5.74, 6) is -0.844. The predicted molar refractivity (Wildman–Crippen MR) is 93.2 cm³/mol. The van der Waals surface area contributed by atoms with Crippen molar-refractivity contribution in [2.75, 3.05) is 19.6 Å². The molecule has 0 saturated carbocycles. The lowest BCUT2D eigenvalue weighted by Gasteiger charge is -2.35. The monoisotopic (exact) mass is 383 g/mol. The van der Waals surface area contributed by atoms with Crippen molar-refractivity contribution in [2.24, 2.45) is 0 Å². The van der Waals surface area contributed by atoms with Crippen LogP contribution in [0.3, 0.4) is 0 Å². The second kappa shape index (κ2) is 7.40. The molecule has 0 aliphatic carbocycles. The smallest absolute Gasteiger partial charge is 0.217 e. The van der Waals surface area contributed by atoms with E-state index in [1.807, 2.05) is 4.90 Å². The Balaban J connectivity index is 1.63. The van der Waals surface area contributed by atoms with Gasteiger partial charge in [0.05, 0.1) is 4.90 Å². The molecule has 0 unspecified atom stereocenters. The van der Waals surface area contributed by atoms with Gasteiger partial charge in [0.2, 0.25) is 14.8 Å². The van der Waals surface area contributed by atoms with Gasteiger partial charge in [-0.1, -0.05) is 18.2 Å². The van der Waals surface area contributed by atoms with E-state index in [-0.39, 0.29) is 36.6 Å². The Hall–Kier alpha value is -1.86. The molecule has 26 heavy (non-hydrogen) atoms. The van der Waals surface area contributed by atoms with Crippen LogP contribution in [-0.2, 0) is 16.3 Å². The van der Waals surface area contributed by atoms with Crippen molar-refractivity contribution in [2.45, 2.75) is 29.2 Å². The van der Waals surface area contributed by atoms with E-state index in [0.717, 1.165) is 24.3 Å². The van der Waals surface area contributed by atoms with Gasteiger partial charge < -0.3 is 4.90 Å². The molecular formula is C19H20F3NO2S. The van der Waals surface area contributed by atoms with E-state index in [1.165, 1.54) is 6.07 Å². The van der Waals surface area contributed by atoms with E-state index < -0.39 is 20.7 Å². The van der Waals surface area contributed by atoms with Gasteiger partial charge in [0.25, 0.3) is 0 Å². The Morgan fingerprint density at radius 3 is 2.19 bits per heavy atom. The molecule has 0 atom stereocenters. The number of rotatable bonds is 5. The van der Waals surface area contributed by atoms with Gasteiger partial charge in [-0.15, -0.1) is 0 Å². The van der Waals surface area contributed by atoms with Crippen molar-refractivity contribution in [3.05, 3.63) is 65.7 Å². The highest BCUT2D eigenvalue weighted by Crippen LogP contribution is 2.36. The lowest BCUT2D eigenvalue weighted by atomic mass is 10.1. The topological polar surface area (TPSA) is 37.4 Å². The Bertz CT molecular complexity index is 861. The maximum absolute atomic E-state index is 15.2. The van der Waals surface area contributed by atoms with Crippen LogP contribution >= 0.6 is 0 Å². The van der Waals surface area contributed by atoms with Crippen LogP contribution in [0.15, 0.2) is 53.4 Å². The molecule has 0 radical (unpaired) electrons. The maximum atomic E-state index is 15.2. The largest absolute Gasteiger partial charge is 0.303 e. The first-order valence-corrected chi connectivity index (χ1v) is 9.95. The number of likely N-dealkylation sites (tertiary alicyclic amines) is 1. The SMILES string of the molecule is O=S(=O)(c1ccc(F)cc1)C1(F)CCN(CCc2ccccc2F)CC1. The van der Waals surface area contributed by atoms with Gasteiger partial charge in [-0.2, -0.15) is 0 Å². The highest BCUT2D eigenvalue weighted by molar-refractivity contribution is 7.92. The maximum Gasteiger partial charge on any atom is 0.217 e. The number of benzene rings is 2. The van der Waals surface area contributed by atoms with Crippen molar-refractivity contribution in [3.8, 4) is 0 Å². The summed E-state index contributed by atoms with van der Waals surface area (Å²) in [7, 11) is -4.20. The van der Waals surface area contributed by atoms with Crippen LogP contribution in [-0.4, -0.2) is 38.0 Å². The number of sulfone groups is 1. The Kier molecular flexibility index (Phi) is 5.39. The molecule has 2 aromatic carbocycles. The molecule has 0 amide bonds. The normalized spacial score (nSPS) is 18.0. The van der Waals surface area contributed by atoms with E-state index in [1.54, 1.807) is 18.2 Å². The summed E-state index contributed by atoms with van der Waals surface area (Å²) in [6, 6.07) is 10.7. The predicted octanol–water partition coefficient (Wildman–Crippen LogP) is 3.74. The zero-order chi connectivity index (χ0) is 18.8. The molecule has 0 aromatic heterocycles. The third-order valence-corrected chi connectivity index (χ3v) is 7.13. The zero-order valence-electron chi connectivity index (χ0n) is 14.2. The Morgan fingerprint density at radius 2 is 1.58 bits per heavy atom. The van der Waals surface area contributed by atoms with Crippen molar-refractivity contribution in [1.82, 2.24) is 4.90 Å². The van der Waals surface area contributed by atoms with Crippen LogP contribution in [0.2, 0.25) is 0 Å². The fraction of sp³-hybridized carbons (Fsp3) is 0.368. The van der Waals surface area contributed by atoms with E-state index in [2.05, 4.69) is 0 Å². The molecule has 1 saturated heterocycles. The molecule has 0 spiro atoms. The van der Waals surface area contributed by atoms with Gasteiger partial charge in [-0.05, 0) is 42.3 Å². The van der Waals surface area contributed by atoms with Crippen LogP contribution in [0.25, 0.3) is 0 Å². The minimum absolute atomic E-state index is 0.163. The van der Waals surface area contributed by atoms with Crippen LogP contribution in [0.1, 0.15) is 18.4 Å². The summed E-state index contributed by atoms with van der Waals surface area (Å²) >= 11 is 0. The average molecular weight is 383 g/mol. The fourth-order valence-corrected chi connectivity index (χ4v) is 4.82. The third kappa shape index (κ3) is 3.78. The van der Waals surface area contributed by atoms with Gasteiger partial charge in [0.15, 0.2) is 0 Å². The lowest BCUT2D eigenvalue weighted by Crippen LogP contribution is -2.46. The summed E-state index contributed by atoms with van der Waals surface area (Å²) in [4.78, 5) is 1.73. The van der Waals surface area contributed by atoms with Crippen LogP contribution in [0.4, 0.5) is 13.2 Å². The van der Waals surface area contributed by atoms with Crippen molar-refractivity contribution < 1.29 is 21.6 Å². The van der Waals surface area contributed by atoms with Gasteiger partial charge in [0, 0.05) is 32.5 Å². The first-order valence-electron chi connectivity index (χ1n) is 8.47. The summed E-state index contributed by atoms with van der Waals surface area (Å²) in [5, 5.41) is -2.36. The molecule has 0 bridgehead atoms. The van der Waals surface area contributed by atoms with Crippen molar-refractivity contribution in [3.63, 3.8) is 0 Å². The Morgan fingerprint density at radius 1 is 0.962 bits per heavy atom. The van der Waals surface area contributed by atoms with Gasteiger partial charge >= 0.3 is 0 Å². The number of hydrogen-bond acceptors (Lipinski definition) is 3. The standard InChI is InChI=1S/C19H20F3NO2S/c20-16-5-7-17(8-6-16)26(24,25)19(22)10-13-23(14-11-19)12-9-15-3-1-2-4-18(15)21/h1-8H,9-14H2. The highest BCUT2D eigenvalue weighted by atomic mass is 32.2. The minimum atomic E-state index is -4.20. The van der Waals surface area contributed by atoms with Crippen molar-refractivity contribution in [1.29, 1.82) is 0 Å². The molecule has 1 heterocycles. The summed E-state index contributed by atoms with van der Waals surface area (Å²) in [6.07, 6.45) is 0.157. The first kappa shape index (κ1) is 18.9. The Labute approximate surface area is 151 Å². The van der Waals surface area contributed by atoms with E-state index >= 15 is 4.39 Å². The molecule has 1 aliphatic heterocycles. The molecule has 3 rings (SSSR count). The van der Waals surface area contributed by atoms with Crippen LogP contribution in [0, 0.1) is 11.6 Å². The molecule has 7 heteroatoms. The van der Waals surface area contributed by atoms with Gasteiger partial charge in [-0.25, -0.2) is 21.6 Å². The molecule has 3 nitrogen and oxygen atoms in total. The van der Waals surface area contributed by atoms with E-state index in [4.69, 9.17) is 0 Å². The zero-order valence-corrected chi connectivity index (χ0v) is 15.0. The number of halogens is 3. The molecule has 2 aromatic rings. The number of nitrogens with zero attached hydrogens (tertiary/aromatic N) is 1. The first-order chi connectivity index (χ1) is 12.3. The summed E-state index contributed by atoms with van der Waals surface area (Å²) < 4.78 is 67.0. The van der Waals surface area contributed by atoms with E-state index in [9.17, 15) is 17.2 Å². The van der Waals surface area contributed by atoms with Crippen LogP contribution < -0.4 is 0 Å². The number of alkyl halides is 1. The average Bonchev–Trinajstić information content (AvgIpc) is 2.63. The van der Waals surface area contributed by atoms with E-state index in [0.29, 0.717) is 18.5 Å². The highest BCUT2D eigenvalue weighted by Gasteiger charge is 2.47. The van der Waals surface area contributed by atoms with Gasteiger partial charge in [-0.3, -0.25) is 0 Å². The quantitative estimate of drug-likeness (QED) is 0.738. The number of piperidine rings is 1. The summed E-state index contributed by atoms with van der Waals surface area (Å²) in [5.41, 5.74) is 0.587.